The predicted molar refractivity (Wildman–Crippen MR) is 119 cm³/mol. The summed E-state index contributed by atoms with van der Waals surface area (Å²) < 4.78 is 6.09. The molecule has 0 amide bonds. The molecule has 1 aliphatic carbocycles. The van der Waals surface area contributed by atoms with E-state index in [1.807, 2.05) is 12.1 Å². The Bertz CT molecular complexity index is 893. The largest absolute Gasteiger partial charge is 0.507 e. The van der Waals surface area contributed by atoms with Gasteiger partial charge in [0.1, 0.15) is 11.5 Å². The quantitative estimate of drug-likeness (QED) is 0.515. The Morgan fingerprint density at radius 2 is 1.64 bits per heavy atom. The zero-order chi connectivity index (χ0) is 20.4. The summed E-state index contributed by atoms with van der Waals surface area (Å²) in [4.78, 5) is 0. The minimum Gasteiger partial charge on any atom is -0.507 e. The minimum atomic E-state index is 0.374. The summed E-state index contributed by atoms with van der Waals surface area (Å²) in [6, 6.07) is 12.5. The average Bonchev–Trinajstić information content (AvgIpc) is 3.50. The third kappa shape index (κ3) is 4.49. The number of hydrogen-bond donors (Lipinski definition) is 1. The average molecular weight is 377 g/mol. The standard InChI is InChI=1S/C26H32O2/c1-16(2)15-28-25-13-18(5)24(14-23(25)17(3)4)19(6)20-7-9-21(10-8-20)26(27)22-11-12-22/h7-10,13-14,16-17,27H,6,11-12,15H2,1-5H3. The highest BCUT2D eigenvalue weighted by atomic mass is 16.5. The van der Waals surface area contributed by atoms with Gasteiger partial charge in [-0.15, -0.1) is 0 Å². The zero-order valence-corrected chi connectivity index (χ0v) is 17.8. The fourth-order valence-corrected chi connectivity index (χ4v) is 3.34. The van der Waals surface area contributed by atoms with Crippen molar-refractivity contribution >= 4 is 11.3 Å². The molecule has 1 aliphatic rings. The van der Waals surface area contributed by atoms with Crippen LogP contribution in [0.2, 0.25) is 0 Å². The molecule has 1 N–H and O–H groups in total. The van der Waals surface area contributed by atoms with Crippen LogP contribution in [0.3, 0.4) is 0 Å². The lowest BCUT2D eigenvalue weighted by Gasteiger charge is -2.20. The summed E-state index contributed by atoms with van der Waals surface area (Å²) in [6.07, 6.45) is 2.03. The molecular formula is C26H32O2. The van der Waals surface area contributed by atoms with Crippen LogP contribution in [0.1, 0.15) is 74.3 Å². The molecule has 2 aromatic rings. The van der Waals surface area contributed by atoms with Crippen LogP contribution in [0.5, 0.6) is 5.75 Å². The van der Waals surface area contributed by atoms with E-state index >= 15 is 0 Å². The zero-order valence-electron chi connectivity index (χ0n) is 17.8. The Labute approximate surface area is 169 Å². The normalized spacial score (nSPS) is 13.2. The van der Waals surface area contributed by atoms with Gasteiger partial charge >= 0.3 is 0 Å². The van der Waals surface area contributed by atoms with E-state index in [4.69, 9.17) is 4.74 Å². The van der Waals surface area contributed by atoms with E-state index in [1.165, 1.54) is 11.1 Å². The first-order chi connectivity index (χ1) is 13.3. The predicted octanol–water partition coefficient (Wildman–Crippen LogP) is 7.28. The summed E-state index contributed by atoms with van der Waals surface area (Å²) in [7, 11) is 0. The molecule has 0 saturated heterocycles. The summed E-state index contributed by atoms with van der Waals surface area (Å²) in [5.41, 5.74) is 7.65. The second-order valence-electron chi connectivity index (χ2n) is 8.57. The van der Waals surface area contributed by atoms with Crippen molar-refractivity contribution in [3.63, 3.8) is 0 Å². The van der Waals surface area contributed by atoms with Crippen LogP contribution in [0.15, 0.2) is 48.6 Å². The van der Waals surface area contributed by atoms with Gasteiger partial charge in [0.25, 0.3) is 0 Å². The molecule has 2 aromatic carbocycles. The van der Waals surface area contributed by atoms with E-state index in [2.05, 4.69) is 65.5 Å². The van der Waals surface area contributed by atoms with E-state index in [1.54, 1.807) is 0 Å². The molecule has 3 rings (SSSR count). The Balaban J connectivity index is 1.90. The van der Waals surface area contributed by atoms with Crippen molar-refractivity contribution in [1.82, 2.24) is 0 Å². The van der Waals surface area contributed by atoms with Crippen molar-refractivity contribution in [2.24, 2.45) is 5.92 Å². The van der Waals surface area contributed by atoms with Crippen LogP contribution in [0.4, 0.5) is 0 Å². The number of ether oxygens (including phenoxy) is 1. The summed E-state index contributed by atoms with van der Waals surface area (Å²) in [5.74, 6) is 2.30. The summed E-state index contributed by atoms with van der Waals surface area (Å²) in [5, 5.41) is 10.2. The Morgan fingerprint density at radius 1 is 1.04 bits per heavy atom. The van der Waals surface area contributed by atoms with Gasteiger partial charge in [-0.05, 0) is 77.1 Å². The third-order valence-electron chi connectivity index (χ3n) is 5.22. The van der Waals surface area contributed by atoms with Gasteiger partial charge in [-0.2, -0.15) is 0 Å². The van der Waals surface area contributed by atoms with E-state index in [9.17, 15) is 5.11 Å². The Morgan fingerprint density at radius 3 is 2.18 bits per heavy atom. The lowest BCUT2D eigenvalue weighted by molar-refractivity contribution is 0.267. The van der Waals surface area contributed by atoms with Gasteiger partial charge in [0.2, 0.25) is 0 Å². The molecular weight excluding hydrogens is 344 g/mol. The first-order valence-corrected chi connectivity index (χ1v) is 10.3. The molecule has 0 spiro atoms. The van der Waals surface area contributed by atoms with E-state index in [0.717, 1.165) is 53.0 Å². The van der Waals surface area contributed by atoms with E-state index in [-0.39, 0.29) is 0 Å². The maximum Gasteiger partial charge on any atom is 0.123 e. The van der Waals surface area contributed by atoms with Crippen LogP contribution in [0, 0.1) is 12.8 Å². The molecule has 0 bridgehead atoms. The molecule has 1 fully saturated rings. The summed E-state index contributed by atoms with van der Waals surface area (Å²) in [6.45, 7) is 15.9. The van der Waals surface area contributed by atoms with Gasteiger partial charge in [0, 0.05) is 5.56 Å². The first kappa shape index (κ1) is 20.3. The number of allylic oxidation sites excluding steroid dienone is 1. The first-order valence-electron chi connectivity index (χ1n) is 10.3. The smallest absolute Gasteiger partial charge is 0.123 e. The second kappa shape index (κ2) is 8.26. The lowest BCUT2D eigenvalue weighted by Crippen LogP contribution is -2.08. The van der Waals surface area contributed by atoms with Crippen LogP contribution in [-0.2, 0) is 0 Å². The third-order valence-corrected chi connectivity index (χ3v) is 5.22. The second-order valence-corrected chi connectivity index (χ2v) is 8.57. The molecule has 148 valence electrons. The number of hydrogen-bond acceptors (Lipinski definition) is 2. The van der Waals surface area contributed by atoms with Crippen LogP contribution < -0.4 is 4.74 Å². The van der Waals surface area contributed by atoms with Crippen molar-refractivity contribution < 1.29 is 9.84 Å². The van der Waals surface area contributed by atoms with Crippen LogP contribution >= 0.6 is 0 Å². The highest BCUT2D eigenvalue weighted by Gasteiger charge is 2.19. The molecule has 0 aromatic heterocycles. The molecule has 2 heteroatoms. The van der Waals surface area contributed by atoms with E-state index < -0.39 is 0 Å². The fourth-order valence-electron chi connectivity index (χ4n) is 3.34. The number of aryl methyl sites for hydroxylation is 1. The maximum absolute atomic E-state index is 10.2. The van der Waals surface area contributed by atoms with Crippen molar-refractivity contribution in [2.45, 2.75) is 53.4 Å². The summed E-state index contributed by atoms with van der Waals surface area (Å²) >= 11 is 0. The van der Waals surface area contributed by atoms with E-state index in [0.29, 0.717) is 17.6 Å². The van der Waals surface area contributed by atoms with Crippen LogP contribution in [0.25, 0.3) is 11.3 Å². The van der Waals surface area contributed by atoms with Gasteiger partial charge in [-0.1, -0.05) is 58.5 Å². The van der Waals surface area contributed by atoms with Gasteiger partial charge < -0.3 is 9.84 Å². The highest BCUT2D eigenvalue weighted by molar-refractivity contribution is 5.81. The SMILES string of the molecule is C=C(c1ccc(C(O)=C2CC2)cc1)c1cc(C(C)C)c(OCC(C)C)cc1C. The minimum absolute atomic E-state index is 0.374. The highest BCUT2D eigenvalue weighted by Crippen LogP contribution is 2.37. The van der Waals surface area contributed by atoms with Crippen LogP contribution in [-0.4, -0.2) is 11.7 Å². The van der Waals surface area contributed by atoms with Gasteiger partial charge in [-0.25, -0.2) is 0 Å². The molecule has 28 heavy (non-hydrogen) atoms. The van der Waals surface area contributed by atoms with Crippen molar-refractivity contribution in [1.29, 1.82) is 0 Å². The molecule has 2 nitrogen and oxygen atoms in total. The van der Waals surface area contributed by atoms with Gasteiger partial charge in [0.05, 0.1) is 6.61 Å². The Kier molecular flexibility index (Phi) is 5.98. The monoisotopic (exact) mass is 376 g/mol. The molecule has 0 unspecified atom stereocenters. The van der Waals surface area contributed by atoms with Gasteiger partial charge in [0.15, 0.2) is 0 Å². The number of aliphatic hydroxyl groups excluding tert-OH is 1. The van der Waals surface area contributed by atoms with Crippen molar-refractivity contribution in [3.05, 3.63) is 76.4 Å². The number of benzene rings is 2. The molecule has 1 saturated carbocycles. The van der Waals surface area contributed by atoms with Gasteiger partial charge in [-0.3, -0.25) is 0 Å². The molecule has 0 radical (unpaired) electrons. The fraction of sp³-hybridized carbons (Fsp3) is 0.385. The number of aliphatic hydroxyl groups is 1. The maximum atomic E-state index is 10.2. The molecule has 0 aliphatic heterocycles. The number of rotatable bonds is 7. The van der Waals surface area contributed by atoms with Crippen molar-refractivity contribution in [3.8, 4) is 5.75 Å². The topological polar surface area (TPSA) is 29.5 Å². The molecule has 0 atom stereocenters. The van der Waals surface area contributed by atoms with Crippen molar-refractivity contribution in [2.75, 3.05) is 6.61 Å². The Hall–Kier alpha value is -2.48. The molecule has 0 heterocycles. The lowest BCUT2D eigenvalue weighted by atomic mass is 9.90.